The monoisotopic (exact) mass is 346 g/mol. The Kier molecular flexibility index (Phi) is 4.37. The number of aryl methyl sites for hydroxylation is 2. The molecule has 6 nitrogen and oxygen atoms in total. The number of ether oxygens (including phenoxy) is 1. The van der Waals surface area contributed by atoms with Crippen molar-refractivity contribution in [2.45, 2.75) is 57.7 Å². The second-order valence-electron chi connectivity index (χ2n) is 6.35. The average Bonchev–Trinajstić information content (AvgIpc) is 3.22. The summed E-state index contributed by atoms with van der Waals surface area (Å²) in [6.45, 7) is 3.63. The van der Waals surface area contributed by atoms with E-state index in [0.717, 1.165) is 43.9 Å². The van der Waals surface area contributed by atoms with Crippen molar-refractivity contribution >= 4 is 17.2 Å². The highest BCUT2D eigenvalue weighted by atomic mass is 32.1. The molecule has 1 amide bonds. The van der Waals surface area contributed by atoms with E-state index in [9.17, 15) is 4.79 Å². The maximum absolute atomic E-state index is 12.6. The van der Waals surface area contributed by atoms with Gasteiger partial charge in [-0.15, -0.1) is 11.3 Å². The molecule has 4 heterocycles. The van der Waals surface area contributed by atoms with Gasteiger partial charge in [0.1, 0.15) is 11.9 Å². The summed E-state index contributed by atoms with van der Waals surface area (Å²) in [5.41, 5.74) is 1.33. The molecule has 2 aromatic heterocycles. The molecule has 1 N–H and O–H groups in total. The second-order valence-corrected chi connectivity index (χ2v) is 7.30. The largest absolute Gasteiger partial charge is 0.372 e. The molecular formula is C17H22N4O2S. The fraction of sp³-hybridized carbons (Fsp3) is 0.588. The van der Waals surface area contributed by atoms with Crippen LogP contribution in [0.5, 0.6) is 0 Å². The maximum Gasteiger partial charge on any atom is 0.223 e. The van der Waals surface area contributed by atoms with Gasteiger partial charge in [0, 0.05) is 17.8 Å². The van der Waals surface area contributed by atoms with Crippen molar-refractivity contribution in [3.8, 4) is 0 Å². The van der Waals surface area contributed by atoms with Gasteiger partial charge in [0.05, 0.1) is 19.1 Å². The number of nitrogens with one attached hydrogen (secondary N) is 1. The molecular weight excluding hydrogens is 324 g/mol. The van der Waals surface area contributed by atoms with Gasteiger partial charge in [-0.25, -0.2) is 9.67 Å². The third-order valence-electron chi connectivity index (χ3n) is 4.70. The predicted molar refractivity (Wildman–Crippen MR) is 90.9 cm³/mol. The first kappa shape index (κ1) is 15.8. The van der Waals surface area contributed by atoms with Gasteiger partial charge in [0.15, 0.2) is 5.82 Å². The molecule has 0 spiro atoms. The number of thiophene rings is 1. The third kappa shape index (κ3) is 2.98. The van der Waals surface area contributed by atoms with E-state index in [2.05, 4.69) is 26.8 Å². The van der Waals surface area contributed by atoms with Crippen LogP contribution in [0.2, 0.25) is 0 Å². The minimum Gasteiger partial charge on any atom is -0.372 e. The number of rotatable bonds is 4. The van der Waals surface area contributed by atoms with Crippen molar-refractivity contribution in [1.82, 2.24) is 20.1 Å². The van der Waals surface area contributed by atoms with Crippen LogP contribution in [0.25, 0.3) is 0 Å². The summed E-state index contributed by atoms with van der Waals surface area (Å²) in [4.78, 5) is 18.3. The molecule has 2 atom stereocenters. The van der Waals surface area contributed by atoms with Gasteiger partial charge in [-0.3, -0.25) is 4.79 Å². The van der Waals surface area contributed by atoms with Crippen LogP contribution in [0.4, 0.5) is 0 Å². The molecule has 0 aromatic carbocycles. The lowest BCUT2D eigenvalue weighted by Crippen LogP contribution is -2.34. The lowest BCUT2D eigenvalue weighted by Gasteiger charge is -2.26. The Morgan fingerprint density at radius 3 is 3.33 bits per heavy atom. The van der Waals surface area contributed by atoms with Gasteiger partial charge >= 0.3 is 0 Å². The molecule has 2 aliphatic heterocycles. The van der Waals surface area contributed by atoms with Crippen molar-refractivity contribution < 1.29 is 9.53 Å². The molecule has 2 aromatic rings. The Bertz CT molecular complexity index is 739. The minimum atomic E-state index is -0.110. The van der Waals surface area contributed by atoms with E-state index < -0.39 is 0 Å². The fourth-order valence-corrected chi connectivity index (χ4v) is 4.49. The van der Waals surface area contributed by atoms with Gasteiger partial charge in [0.2, 0.25) is 5.91 Å². The molecule has 7 heteroatoms. The summed E-state index contributed by atoms with van der Waals surface area (Å²) < 4.78 is 7.78. The molecule has 4 rings (SSSR count). The smallest absolute Gasteiger partial charge is 0.223 e. The molecule has 24 heavy (non-hydrogen) atoms. The Hall–Kier alpha value is -1.73. The number of carbonyl (C=O) groups is 1. The van der Waals surface area contributed by atoms with Crippen LogP contribution in [0.3, 0.4) is 0 Å². The van der Waals surface area contributed by atoms with Gasteiger partial charge < -0.3 is 10.1 Å². The van der Waals surface area contributed by atoms with Crippen LogP contribution in [0.15, 0.2) is 11.4 Å². The lowest BCUT2D eigenvalue weighted by atomic mass is 10.0. The minimum absolute atomic E-state index is 0.0285. The number of carbonyl (C=O) groups excluding carboxylic acids is 1. The number of fused-ring (bicyclic) bond motifs is 2. The summed E-state index contributed by atoms with van der Waals surface area (Å²) in [6, 6.07) is 2.11. The Morgan fingerprint density at radius 2 is 2.46 bits per heavy atom. The fourth-order valence-electron chi connectivity index (χ4n) is 3.48. The number of hydrogen-bond donors (Lipinski definition) is 1. The van der Waals surface area contributed by atoms with E-state index in [1.165, 1.54) is 10.4 Å². The molecule has 0 unspecified atom stereocenters. The zero-order valence-electron chi connectivity index (χ0n) is 13.8. The molecule has 128 valence electrons. The summed E-state index contributed by atoms with van der Waals surface area (Å²) in [5, 5.41) is 9.73. The van der Waals surface area contributed by atoms with Crippen molar-refractivity contribution in [1.29, 1.82) is 0 Å². The zero-order valence-corrected chi connectivity index (χ0v) is 14.6. The molecule has 0 fully saturated rings. The van der Waals surface area contributed by atoms with Crippen LogP contribution in [0.1, 0.15) is 60.4 Å². The van der Waals surface area contributed by atoms with Gasteiger partial charge in [-0.1, -0.05) is 6.92 Å². The predicted octanol–water partition coefficient (Wildman–Crippen LogP) is 2.56. The normalized spacial score (nSPS) is 22.7. The Morgan fingerprint density at radius 1 is 1.54 bits per heavy atom. The average molecular weight is 346 g/mol. The molecule has 2 aliphatic rings. The van der Waals surface area contributed by atoms with Gasteiger partial charge in [0.25, 0.3) is 0 Å². The number of aromatic nitrogens is 3. The molecule has 0 radical (unpaired) electrons. The number of amides is 1. The van der Waals surface area contributed by atoms with Gasteiger partial charge in [-0.2, -0.15) is 5.10 Å². The molecule has 0 aliphatic carbocycles. The number of hydrogen-bond acceptors (Lipinski definition) is 5. The lowest BCUT2D eigenvalue weighted by molar-refractivity contribution is -0.125. The second kappa shape index (κ2) is 6.64. The Labute approximate surface area is 145 Å². The highest BCUT2D eigenvalue weighted by Crippen LogP contribution is 2.34. The third-order valence-corrected chi connectivity index (χ3v) is 5.76. The SMILES string of the molecule is CCc1nc2n(n1)CCC[C@H]2NC(=O)C[C@@H]1OCCc2ccsc21. The van der Waals surface area contributed by atoms with Crippen molar-refractivity contribution in [3.05, 3.63) is 33.5 Å². The van der Waals surface area contributed by atoms with E-state index in [4.69, 9.17) is 4.74 Å². The summed E-state index contributed by atoms with van der Waals surface area (Å²) in [7, 11) is 0. The van der Waals surface area contributed by atoms with Crippen molar-refractivity contribution in [2.24, 2.45) is 0 Å². The van der Waals surface area contributed by atoms with Gasteiger partial charge in [-0.05, 0) is 36.3 Å². The molecule has 0 saturated carbocycles. The van der Waals surface area contributed by atoms with Crippen molar-refractivity contribution in [3.63, 3.8) is 0 Å². The van der Waals surface area contributed by atoms with E-state index in [1.807, 2.05) is 11.6 Å². The van der Waals surface area contributed by atoms with Crippen LogP contribution >= 0.6 is 11.3 Å². The first-order valence-electron chi connectivity index (χ1n) is 8.65. The van der Waals surface area contributed by atoms with Crippen LogP contribution < -0.4 is 5.32 Å². The molecule has 0 bridgehead atoms. The zero-order chi connectivity index (χ0) is 16.5. The Balaban J connectivity index is 1.44. The van der Waals surface area contributed by atoms with Crippen molar-refractivity contribution in [2.75, 3.05) is 6.61 Å². The molecule has 0 saturated heterocycles. The first-order valence-corrected chi connectivity index (χ1v) is 9.53. The summed E-state index contributed by atoms with van der Waals surface area (Å²) >= 11 is 1.68. The van der Waals surface area contributed by atoms with E-state index in [-0.39, 0.29) is 18.1 Å². The van der Waals surface area contributed by atoms with E-state index >= 15 is 0 Å². The quantitative estimate of drug-likeness (QED) is 0.924. The summed E-state index contributed by atoms with van der Waals surface area (Å²) in [6.07, 6.45) is 3.96. The van der Waals surface area contributed by atoms with E-state index in [1.54, 1.807) is 11.3 Å². The standard InChI is InChI=1S/C17H22N4O2S/c1-2-14-19-17-12(4-3-7-21(17)20-14)18-15(22)10-13-16-11(5-8-23-13)6-9-24-16/h6,9,12-13H,2-5,7-8,10H2,1H3,(H,18,22)/t12-,13+/m1/s1. The van der Waals surface area contributed by atoms with Crippen LogP contribution in [-0.2, 0) is 28.9 Å². The highest BCUT2D eigenvalue weighted by Gasteiger charge is 2.28. The summed E-state index contributed by atoms with van der Waals surface area (Å²) in [5.74, 6) is 1.78. The van der Waals surface area contributed by atoms with E-state index in [0.29, 0.717) is 13.0 Å². The highest BCUT2D eigenvalue weighted by molar-refractivity contribution is 7.10. The first-order chi connectivity index (χ1) is 11.7. The van der Waals surface area contributed by atoms with Crippen LogP contribution in [0, 0.1) is 0 Å². The topological polar surface area (TPSA) is 69.0 Å². The maximum atomic E-state index is 12.6. The number of nitrogens with zero attached hydrogens (tertiary/aromatic N) is 3. The van der Waals surface area contributed by atoms with Crippen LogP contribution in [-0.4, -0.2) is 27.3 Å².